The Morgan fingerprint density at radius 2 is 1.57 bits per heavy atom. The van der Waals surface area contributed by atoms with Gasteiger partial charge in [-0.1, -0.05) is 38.1 Å². The maximum Gasteiger partial charge on any atom is 0.166 e. The summed E-state index contributed by atoms with van der Waals surface area (Å²) in [5, 5.41) is 3.33. The van der Waals surface area contributed by atoms with Crippen molar-refractivity contribution in [2.45, 2.75) is 40.3 Å². The average molecular weight is 289 g/mol. The number of benzene rings is 2. The minimum absolute atomic E-state index is 0.321. The number of rotatable bonds is 4. The molecular formula is C18H21F2N. The zero-order valence-corrected chi connectivity index (χ0v) is 12.9. The lowest BCUT2D eigenvalue weighted by Gasteiger charge is -2.13. The highest BCUT2D eigenvalue weighted by molar-refractivity contribution is 5.69. The molecule has 1 nitrogen and oxygen atoms in total. The summed E-state index contributed by atoms with van der Waals surface area (Å²) in [4.78, 5) is 0. The summed E-state index contributed by atoms with van der Waals surface area (Å²) >= 11 is 0. The van der Waals surface area contributed by atoms with E-state index in [1.165, 1.54) is 0 Å². The maximum atomic E-state index is 14.2. The molecule has 0 saturated heterocycles. The minimum Gasteiger partial charge on any atom is -0.310 e. The predicted molar refractivity (Wildman–Crippen MR) is 83.2 cm³/mol. The molecule has 3 heteroatoms. The minimum atomic E-state index is -0.771. The Kier molecular flexibility index (Phi) is 4.73. The molecular weight excluding hydrogens is 268 g/mol. The first kappa shape index (κ1) is 15.6. The van der Waals surface area contributed by atoms with Gasteiger partial charge in [-0.15, -0.1) is 0 Å². The molecule has 0 fully saturated rings. The van der Waals surface area contributed by atoms with Crippen LogP contribution in [0.5, 0.6) is 0 Å². The number of aryl methyl sites for hydroxylation is 2. The van der Waals surface area contributed by atoms with Crippen molar-refractivity contribution >= 4 is 0 Å². The normalized spacial score (nSPS) is 11.2. The van der Waals surface area contributed by atoms with E-state index in [4.69, 9.17) is 0 Å². The molecule has 0 aliphatic rings. The van der Waals surface area contributed by atoms with Crippen LogP contribution in [0.4, 0.5) is 8.78 Å². The van der Waals surface area contributed by atoms with Gasteiger partial charge in [0.25, 0.3) is 0 Å². The molecule has 2 rings (SSSR count). The SMILES string of the molecule is Cc1ccc(CNC(C)C)cc1-c1ccc(C)c(F)c1F. The first-order valence-corrected chi connectivity index (χ1v) is 7.18. The number of hydrogen-bond donors (Lipinski definition) is 1. The van der Waals surface area contributed by atoms with Gasteiger partial charge in [0.15, 0.2) is 11.6 Å². The number of nitrogens with one attached hydrogen (secondary N) is 1. The molecule has 0 aromatic heterocycles. The van der Waals surface area contributed by atoms with Crippen molar-refractivity contribution in [3.63, 3.8) is 0 Å². The fraction of sp³-hybridized carbons (Fsp3) is 0.333. The van der Waals surface area contributed by atoms with Gasteiger partial charge in [-0.05, 0) is 42.2 Å². The van der Waals surface area contributed by atoms with E-state index >= 15 is 0 Å². The quantitative estimate of drug-likeness (QED) is 0.856. The van der Waals surface area contributed by atoms with Gasteiger partial charge in [-0.2, -0.15) is 0 Å². The van der Waals surface area contributed by atoms with E-state index in [0.29, 0.717) is 23.7 Å². The zero-order valence-electron chi connectivity index (χ0n) is 12.9. The standard InChI is InChI=1S/C18H21F2N/c1-11(2)21-10-14-7-5-12(3)16(9-14)15-8-6-13(4)17(19)18(15)20/h5-9,11,21H,10H2,1-4H3. The van der Waals surface area contributed by atoms with E-state index in [0.717, 1.165) is 16.7 Å². The van der Waals surface area contributed by atoms with Crippen LogP contribution < -0.4 is 5.32 Å². The molecule has 112 valence electrons. The van der Waals surface area contributed by atoms with Crippen LogP contribution in [-0.2, 0) is 6.54 Å². The Morgan fingerprint density at radius 3 is 2.24 bits per heavy atom. The molecule has 0 aliphatic carbocycles. The molecule has 0 saturated carbocycles. The van der Waals surface area contributed by atoms with Crippen molar-refractivity contribution in [2.24, 2.45) is 0 Å². The third-order valence-electron chi connectivity index (χ3n) is 3.58. The van der Waals surface area contributed by atoms with Crippen LogP contribution in [0.25, 0.3) is 11.1 Å². The summed E-state index contributed by atoms with van der Waals surface area (Å²) in [5.74, 6) is -1.54. The van der Waals surface area contributed by atoms with Gasteiger partial charge in [-0.3, -0.25) is 0 Å². The highest BCUT2D eigenvalue weighted by Crippen LogP contribution is 2.29. The highest BCUT2D eigenvalue weighted by atomic mass is 19.2. The molecule has 0 spiro atoms. The number of halogens is 2. The summed E-state index contributed by atoms with van der Waals surface area (Å²) in [6.07, 6.45) is 0. The van der Waals surface area contributed by atoms with Gasteiger partial charge in [0, 0.05) is 18.2 Å². The van der Waals surface area contributed by atoms with Crippen LogP contribution in [-0.4, -0.2) is 6.04 Å². The Bertz CT molecular complexity index is 648. The third-order valence-corrected chi connectivity index (χ3v) is 3.58. The second-order valence-corrected chi connectivity index (χ2v) is 5.74. The summed E-state index contributed by atoms with van der Waals surface area (Å²) in [6.45, 7) is 8.33. The molecule has 1 N–H and O–H groups in total. The van der Waals surface area contributed by atoms with Crippen LogP contribution in [0.2, 0.25) is 0 Å². The van der Waals surface area contributed by atoms with E-state index in [9.17, 15) is 8.78 Å². The highest BCUT2D eigenvalue weighted by Gasteiger charge is 2.14. The van der Waals surface area contributed by atoms with Crippen LogP contribution in [0, 0.1) is 25.5 Å². The van der Waals surface area contributed by atoms with Crippen molar-refractivity contribution < 1.29 is 8.78 Å². The van der Waals surface area contributed by atoms with Crippen molar-refractivity contribution in [1.29, 1.82) is 0 Å². The third kappa shape index (κ3) is 3.48. The Balaban J connectivity index is 2.44. The molecule has 0 radical (unpaired) electrons. The van der Waals surface area contributed by atoms with Gasteiger partial charge in [0.05, 0.1) is 0 Å². The summed E-state index contributed by atoms with van der Waals surface area (Å²) in [7, 11) is 0. The largest absolute Gasteiger partial charge is 0.310 e. The van der Waals surface area contributed by atoms with Crippen LogP contribution >= 0.6 is 0 Å². The smallest absolute Gasteiger partial charge is 0.166 e. The van der Waals surface area contributed by atoms with Crippen LogP contribution in [0.1, 0.15) is 30.5 Å². The molecule has 2 aromatic rings. The van der Waals surface area contributed by atoms with Crippen LogP contribution in [0.3, 0.4) is 0 Å². The first-order chi connectivity index (χ1) is 9.90. The molecule has 0 amide bonds. The Labute approximate surface area is 125 Å². The second-order valence-electron chi connectivity index (χ2n) is 5.74. The van der Waals surface area contributed by atoms with Gasteiger partial charge in [0.2, 0.25) is 0 Å². The second kappa shape index (κ2) is 6.35. The molecule has 0 unspecified atom stereocenters. The van der Waals surface area contributed by atoms with Crippen molar-refractivity contribution in [1.82, 2.24) is 5.32 Å². The molecule has 0 aliphatic heterocycles. The molecule has 0 bridgehead atoms. The van der Waals surface area contributed by atoms with E-state index in [2.05, 4.69) is 19.2 Å². The predicted octanol–water partition coefficient (Wildman–Crippen LogP) is 4.75. The number of hydrogen-bond acceptors (Lipinski definition) is 1. The fourth-order valence-electron chi connectivity index (χ4n) is 2.25. The Morgan fingerprint density at radius 1 is 0.905 bits per heavy atom. The van der Waals surface area contributed by atoms with Crippen molar-refractivity contribution in [3.8, 4) is 11.1 Å². The van der Waals surface area contributed by atoms with Gasteiger partial charge >= 0.3 is 0 Å². The van der Waals surface area contributed by atoms with Gasteiger partial charge in [0.1, 0.15) is 0 Å². The average Bonchev–Trinajstić information content (AvgIpc) is 2.44. The van der Waals surface area contributed by atoms with E-state index in [1.54, 1.807) is 19.1 Å². The molecule has 0 heterocycles. The Hall–Kier alpha value is -1.74. The van der Waals surface area contributed by atoms with Gasteiger partial charge < -0.3 is 5.32 Å². The monoisotopic (exact) mass is 289 g/mol. The summed E-state index contributed by atoms with van der Waals surface area (Å²) in [6, 6.07) is 9.53. The molecule has 0 atom stereocenters. The van der Waals surface area contributed by atoms with E-state index in [1.807, 2.05) is 25.1 Å². The lowest BCUT2D eigenvalue weighted by atomic mass is 9.96. The summed E-state index contributed by atoms with van der Waals surface area (Å²) in [5.41, 5.74) is 3.39. The van der Waals surface area contributed by atoms with Crippen LogP contribution in [0.15, 0.2) is 30.3 Å². The van der Waals surface area contributed by atoms with Crippen molar-refractivity contribution in [2.75, 3.05) is 0 Å². The van der Waals surface area contributed by atoms with E-state index < -0.39 is 11.6 Å². The molecule has 21 heavy (non-hydrogen) atoms. The lowest BCUT2D eigenvalue weighted by molar-refractivity contribution is 0.505. The molecule has 2 aromatic carbocycles. The summed E-state index contributed by atoms with van der Waals surface area (Å²) < 4.78 is 28.0. The van der Waals surface area contributed by atoms with Gasteiger partial charge in [-0.25, -0.2) is 8.78 Å². The fourth-order valence-corrected chi connectivity index (χ4v) is 2.25. The van der Waals surface area contributed by atoms with E-state index in [-0.39, 0.29) is 0 Å². The van der Waals surface area contributed by atoms with Crippen molar-refractivity contribution in [3.05, 3.63) is 58.7 Å². The first-order valence-electron chi connectivity index (χ1n) is 7.18. The lowest BCUT2D eigenvalue weighted by Crippen LogP contribution is -2.21. The topological polar surface area (TPSA) is 12.0 Å². The maximum absolute atomic E-state index is 14.2. The zero-order chi connectivity index (χ0) is 15.6.